The zero-order chi connectivity index (χ0) is 33.2. The maximum atomic E-state index is 11.2. The van der Waals surface area contributed by atoms with Crippen molar-refractivity contribution < 1.29 is 28.9 Å². The van der Waals surface area contributed by atoms with Gasteiger partial charge in [-0.1, -0.05) is 80.4 Å². The molecule has 0 heterocycles. The van der Waals surface area contributed by atoms with E-state index in [0.29, 0.717) is 38.2 Å². The molecule has 0 aliphatic heterocycles. The van der Waals surface area contributed by atoms with Gasteiger partial charge in [0.05, 0.1) is 14.2 Å². The van der Waals surface area contributed by atoms with E-state index in [-0.39, 0.29) is 17.7 Å². The van der Waals surface area contributed by atoms with Gasteiger partial charge in [0.1, 0.15) is 18.1 Å². The van der Waals surface area contributed by atoms with Crippen LogP contribution in [0.15, 0.2) is 93.9 Å². The molecule has 0 unspecified atom stereocenters. The lowest BCUT2D eigenvalue weighted by Gasteiger charge is -2.09. The first-order chi connectivity index (χ1) is 21.5. The summed E-state index contributed by atoms with van der Waals surface area (Å²) in [5, 5.41) is 9.12. The van der Waals surface area contributed by atoms with E-state index >= 15 is 0 Å². The lowest BCUT2D eigenvalue weighted by atomic mass is 10.1. The van der Waals surface area contributed by atoms with Gasteiger partial charge in [0, 0.05) is 27.7 Å². The third-order valence-corrected chi connectivity index (χ3v) is 8.59. The van der Waals surface area contributed by atoms with Gasteiger partial charge in [0.15, 0.2) is 0 Å². The van der Waals surface area contributed by atoms with Crippen LogP contribution >= 0.6 is 43.5 Å². The number of benzene rings is 4. The van der Waals surface area contributed by atoms with E-state index in [2.05, 4.69) is 67.3 Å². The largest absolute Gasteiger partial charge is 0.508 e. The van der Waals surface area contributed by atoms with Crippen molar-refractivity contribution in [3.05, 3.63) is 127 Å². The van der Waals surface area contributed by atoms with E-state index in [9.17, 15) is 9.59 Å². The summed E-state index contributed by atoms with van der Waals surface area (Å²) in [6.45, 7) is 4.63. The molecular weight excluding hydrogens is 724 g/mol. The molecule has 0 aliphatic carbocycles. The van der Waals surface area contributed by atoms with Crippen molar-refractivity contribution in [2.24, 2.45) is 0 Å². The van der Waals surface area contributed by atoms with Crippen molar-refractivity contribution in [3.63, 3.8) is 0 Å². The fourth-order valence-electron chi connectivity index (χ4n) is 3.95. The van der Waals surface area contributed by atoms with Crippen molar-refractivity contribution in [2.45, 2.75) is 52.0 Å². The molecule has 0 saturated carbocycles. The van der Waals surface area contributed by atoms with Gasteiger partial charge in [-0.05, 0) is 96.5 Å². The summed E-state index contributed by atoms with van der Waals surface area (Å²) in [4.78, 5) is 22.0. The predicted molar refractivity (Wildman–Crippen MR) is 187 cm³/mol. The van der Waals surface area contributed by atoms with Crippen molar-refractivity contribution in [2.75, 3.05) is 14.2 Å². The van der Waals surface area contributed by atoms with Crippen molar-refractivity contribution in [1.82, 2.24) is 0 Å². The average Bonchev–Trinajstić information content (AvgIpc) is 3.05. The molecule has 240 valence electrons. The molecule has 0 saturated heterocycles. The molecule has 0 bridgehead atoms. The van der Waals surface area contributed by atoms with Crippen molar-refractivity contribution in [1.29, 1.82) is 0 Å². The number of carbonyl (C=O) groups excluding carboxylic acids is 2. The molecule has 0 aliphatic rings. The molecule has 0 atom stereocenters. The van der Waals surface area contributed by atoms with E-state index < -0.39 is 0 Å². The van der Waals surface area contributed by atoms with Crippen LogP contribution in [0.4, 0.5) is 0 Å². The third kappa shape index (κ3) is 15.0. The van der Waals surface area contributed by atoms with E-state index in [1.54, 1.807) is 18.2 Å². The minimum absolute atomic E-state index is 0.198. The minimum atomic E-state index is -0.233. The van der Waals surface area contributed by atoms with E-state index in [1.165, 1.54) is 30.9 Å². The third-order valence-electron chi connectivity index (χ3n) is 6.50. The molecule has 0 spiro atoms. The molecule has 4 aromatic rings. The van der Waals surface area contributed by atoms with Crippen LogP contribution in [-0.4, -0.2) is 31.3 Å². The molecule has 4 aromatic carbocycles. The molecular formula is C36H39Br2ClO6. The average molecular weight is 763 g/mol. The number of methoxy groups -OCH3 is 2. The van der Waals surface area contributed by atoms with Crippen LogP contribution in [0.25, 0.3) is 0 Å². The zero-order valence-corrected chi connectivity index (χ0v) is 29.9. The molecule has 6 nitrogen and oxygen atoms in total. The Labute approximate surface area is 287 Å². The Morgan fingerprint density at radius 2 is 1.20 bits per heavy atom. The number of rotatable bonds is 10. The Balaban J connectivity index is 0.000000259. The second-order valence-electron chi connectivity index (χ2n) is 10.1. The number of carbonyl (C=O) groups is 2. The number of hydrogen-bond donors (Lipinski definition) is 1. The van der Waals surface area contributed by atoms with Crippen LogP contribution < -0.4 is 4.74 Å². The first-order valence-electron chi connectivity index (χ1n) is 14.2. The first-order valence-corrected chi connectivity index (χ1v) is 16.4. The van der Waals surface area contributed by atoms with Gasteiger partial charge in [0.2, 0.25) is 0 Å². The van der Waals surface area contributed by atoms with Gasteiger partial charge in [-0.2, -0.15) is 0 Å². The zero-order valence-electron chi connectivity index (χ0n) is 25.9. The Morgan fingerprint density at radius 3 is 1.71 bits per heavy atom. The lowest BCUT2D eigenvalue weighted by Crippen LogP contribution is -2.02. The van der Waals surface area contributed by atoms with Gasteiger partial charge < -0.3 is 19.3 Å². The minimum Gasteiger partial charge on any atom is -0.508 e. The van der Waals surface area contributed by atoms with Gasteiger partial charge in [-0.3, -0.25) is 9.59 Å². The highest BCUT2D eigenvalue weighted by Crippen LogP contribution is 2.20. The number of aromatic hydroxyl groups is 1. The summed E-state index contributed by atoms with van der Waals surface area (Å²) in [6, 6.07) is 27.0. The van der Waals surface area contributed by atoms with Gasteiger partial charge in [-0.25, -0.2) is 0 Å². The highest BCUT2D eigenvalue weighted by molar-refractivity contribution is 9.10. The quantitative estimate of drug-likeness (QED) is 0.128. The summed E-state index contributed by atoms with van der Waals surface area (Å²) in [5.74, 6) is 1.19. The summed E-state index contributed by atoms with van der Waals surface area (Å²) in [7, 11) is 2.77. The predicted octanol–water partition coefficient (Wildman–Crippen LogP) is 9.44. The summed E-state index contributed by atoms with van der Waals surface area (Å²) < 4.78 is 17.2. The monoisotopic (exact) mass is 760 g/mol. The molecule has 0 fully saturated rings. The van der Waals surface area contributed by atoms with Crippen LogP contribution in [0.2, 0.25) is 0 Å². The van der Waals surface area contributed by atoms with Crippen LogP contribution in [-0.2, 0) is 44.4 Å². The number of phenolic OH excluding ortho intramolecular Hbond substituents is 1. The van der Waals surface area contributed by atoms with Crippen LogP contribution in [0, 0.1) is 13.8 Å². The van der Waals surface area contributed by atoms with E-state index in [1.807, 2.05) is 54.6 Å². The van der Waals surface area contributed by atoms with Crippen molar-refractivity contribution in [3.8, 4) is 11.5 Å². The second kappa shape index (κ2) is 20.7. The fraction of sp³-hybridized carbons (Fsp3) is 0.278. The second-order valence-corrected chi connectivity index (χ2v) is 12.0. The van der Waals surface area contributed by atoms with Crippen LogP contribution in [0.5, 0.6) is 11.5 Å². The molecule has 45 heavy (non-hydrogen) atoms. The lowest BCUT2D eigenvalue weighted by molar-refractivity contribution is -0.141. The number of aryl methyl sites for hydroxylation is 4. The number of hydrogen-bond acceptors (Lipinski definition) is 6. The topological polar surface area (TPSA) is 82.1 Å². The Morgan fingerprint density at radius 1 is 0.689 bits per heavy atom. The Bertz CT molecular complexity index is 1530. The number of phenols is 1. The summed E-state index contributed by atoms with van der Waals surface area (Å²) in [5.41, 5.74) is 6.72. The summed E-state index contributed by atoms with van der Waals surface area (Å²) in [6.07, 6.45) is 1.98. The molecule has 0 amide bonds. The van der Waals surface area contributed by atoms with Crippen LogP contribution in [0.1, 0.15) is 46.2 Å². The number of alkyl halides is 1. The highest BCUT2D eigenvalue weighted by atomic mass is 79.9. The SMILES string of the molecule is COC(=O)CCc1cccc(O)c1.COC(=O)CCc1cccc(OCc2ccc(Br)c(C)c2)c1.Cc1cc(CCl)ccc1Br. The normalized spacial score (nSPS) is 10.0. The maximum absolute atomic E-state index is 11.2. The van der Waals surface area contributed by atoms with Crippen molar-refractivity contribution >= 4 is 55.4 Å². The van der Waals surface area contributed by atoms with Gasteiger partial charge in [0.25, 0.3) is 0 Å². The smallest absolute Gasteiger partial charge is 0.305 e. The number of ether oxygens (including phenoxy) is 3. The summed E-state index contributed by atoms with van der Waals surface area (Å²) >= 11 is 12.5. The van der Waals surface area contributed by atoms with E-state index in [0.717, 1.165) is 31.4 Å². The molecule has 1 N–H and O–H groups in total. The maximum Gasteiger partial charge on any atom is 0.305 e. The number of halogens is 3. The number of esters is 2. The molecule has 4 rings (SSSR count). The van der Waals surface area contributed by atoms with E-state index in [4.69, 9.17) is 21.4 Å². The van der Waals surface area contributed by atoms with Gasteiger partial charge >= 0.3 is 11.9 Å². The highest BCUT2D eigenvalue weighted by Gasteiger charge is 2.04. The molecule has 0 radical (unpaired) electrons. The standard InChI is InChI=1S/C18H19BrO3.C10H12O3.C8H8BrCl/c1-13-10-15(6-8-17(13)19)12-22-16-5-3-4-14(11-16)7-9-18(20)21-2;1-13-10(12)6-5-8-3-2-4-9(11)7-8;1-6-4-7(5-10)2-3-8(6)9/h3-6,8,10-11H,7,9,12H2,1-2H3;2-4,7,11H,5-6H2,1H3;2-4H,5H2,1H3. The van der Waals surface area contributed by atoms with Crippen LogP contribution in [0.3, 0.4) is 0 Å². The molecule has 0 aromatic heterocycles. The Hall–Kier alpha value is -3.33. The van der Waals surface area contributed by atoms with Gasteiger partial charge in [-0.15, -0.1) is 11.6 Å². The molecule has 9 heteroatoms. The Kier molecular flexibility index (Phi) is 17.4. The first kappa shape index (κ1) is 37.9. The fourth-order valence-corrected chi connectivity index (χ4v) is 4.61.